The quantitative estimate of drug-likeness (QED) is 0.131. The predicted octanol–water partition coefficient (Wildman–Crippen LogP) is 26.7. The van der Waals surface area contributed by atoms with E-state index in [0.29, 0.717) is 77.1 Å². The Bertz CT molecular complexity index is 3560. The fourth-order valence-corrected chi connectivity index (χ4v) is 11.2. The molecule has 96 heavy (non-hydrogen) atoms. The van der Waals surface area contributed by atoms with Gasteiger partial charge >= 0.3 is 0 Å². The lowest BCUT2D eigenvalue weighted by molar-refractivity contribution is 0.600. The van der Waals surface area contributed by atoms with Crippen LogP contribution in [0.25, 0.3) is 60.3 Å². The van der Waals surface area contributed by atoms with E-state index in [4.69, 9.17) is 4.98 Å². The van der Waals surface area contributed by atoms with Gasteiger partial charge in [-0.1, -0.05) is 257 Å². The zero-order valence-corrected chi connectivity index (χ0v) is 63.1. The number of hydrogen-bond donors (Lipinski definition) is 1. The minimum Gasteiger partial charge on any atom is -0.378 e. The second-order valence-electron chi connectivity index (χ2n) is 30.4. The van der Waals surface area contributed by atoms with E-state index in [0.717, 1.165) is 16.6 Å². The van der Waals surface area contributed by atoms with Crippen molar-refractivity contribution in [2.45, 2.75) is 237 Å². The highest BCUT2D eigenvalue weighted by Gasteiger charge is 2.17. The summed E-state index contributed by atoms with van der Waals surface area (Å²) in [5, 5.41) is 12.4. The van der Waals surface area contributed by atoms with E-state index in [1.807, 2.05) is 24.8 Å². The van der Waals surface area contributed by atoms with Gasteiger partial charge in [-0.2, -0.15) is 0 Å². The molecule has 5 aromatic heterocycles. The van der Waals surface area contributed by atoms with Crippen LogP contribution < -0.4 is 5.32 Å². The second-order valence-corrected chi connectivity index (χ2v) is 30.4. The van der Waals surface area contributed by atoms with Crippen LogP contribution in [0.4, 0.5) is 5.69 Å². The van der Waals surface area contributed by atoms with E-state index >= 15 is 0 Å². The number of nitrogens with one attached hydrogen (secondary N) is 1. The van der Waals surface area contributed by atoms with E-state index in [1.165, 1.54) is 111 Å². The lowest BCUT2D eigenvalue weighted by atomic mass is 9.94. The van der Waals surface area contributed by atoms with Crippen molar-refractivity contribution in [3.05, 3.63) is 244 Å². The van der Waals surface area contributed by atoms with Gasteiger partial charge in [-0.3, -0.25) is 24.9 Å². The molecule has 0 bridgehead atoms. The third kappa shape index (κ3) is 21.0. The predicted molar refractivity (Wildman–Crippen MR) is 421 cm³/mol. The molecule has 1 aliphatic rings. The summed E-state index contributed by atoms with van der Waals surface area (Å²) in [7, 11) is 0. The molecule has 11 aromatic rings. The lowest BCUT2D eigenvalue weighted by Crippen LogP contribution is -2.25. The highest BCUT2D eigenvalue weighted by Crippen LogP contribution is 2.32. The lowest BCUT2D eigenvalue weighted by Gasteiger charge is -2.26. The van der Waals surface area contributed by atoms with Crippen LogP contribution in [0.5, 0.6) is 0 Å². The number of pyridine rings is 5. The van der Waals surface area contributed by atoms with Crippen LogP contribution in [-0.4, -0.2) is 31.0 Å². The summed E-state index contributed by atoms with van der Waals surface area (Å²) in [5.41, 5.74) is 20.4. The molecule has 12 rings (SSSR count). The van der Waals surface area contributed by atoms with Gasteiger partial charge in [-0.25, -0.2) is 0 Å². The number of nitrogens with zero attached hydrogens (tertiary/aromatic N) is 5. The summed E-state index contributed by atoms with van der Waals surface area (Å²) in [5.74, 6) is 6.67. The van der Waals surface area contributed by atoms with Gasteiger partial charge in [0.25, 0.3) is 0 Å². The molecule has 0 amide bonds. The van der Waals surface area contributed by atoms with Crippen LogP contribution in [0.15, 0.2) is 176 Å². The summed E-state index contributed by atoms with van der Waals surface area (Å²) in [6.45, 7) is 53.1. The van der Waals surface area contributed by atoms with Gasteiger partial charge in [-0.15, -0.1) is 0 Å². The maximum absolute atomic E-state index is 4.72. The topological polar surface area (TPSA) is 76.5 Å². The van der Waals surface area contributed by atoms with Crippen LogP contribution in [-0.2, 0) is 0 Å². The normalized spacial score (nSPS) is 12.8. The van der Waals surface area contributed by atoms with Gasteiger partial charge in [0.1, 0.15) is 0 Å². The molecule has 6 heterocycles. The highest BCUT2D eigenvalue weighted by molar-refractivity contribution is 5.85. The molecule has 1 atom stereocenters. The van der Waals surface area contributed by atoms with Crippen LogP contribution in [0.3, 0.4) is 0 Å². The fourth-order valence-electron chi connectivity index (χ4n) is 11.2. The fraction of sp³-hybridized carbons (Fsp3) is 0.411. The van der Waals surface area contributed by atoms with Crippen LogP contribution in [0, 0.1) is 5.92 Å². The zero-order valence-electron chi connectivity index (χ0n) is 63.1. The van der Waals surface area contributed by atoms with Crippen molar-refractivity contribution in [1.29, 1.82) is 0 Å². The molecule has 0 saturated heterocycles. The van der Waals surface area contributed by atoms with Crippen molar-refractivity contribution in [3.63, 3.8) is 0 Å². The molecular formula is C90H116N6. The van der Waals surface area contributed by atoms with Gasteiger partial charge in [0.2, 0.25) is 0 Å². The van der Waals surface area contributed by atoms with Gasteiger partial charge in [0.05, 0.1) is 16.6 Å². The number of hydrogen-bond acceptors (Lipinski definition) is 6. The van der Waals surface area contributed by atoms with Crippen molar-refractivity contribution >= 4 is 66.0 Å². The van der Waals surface area contributed by atoms with Gasteiger partial charge in [0, 0.05) is 80.5 Å². The maximum Gasteiger partial charge on any atom is 0.0708 e. The Morgan fingerprint density at radius 1 is 0.260 bits per heavy atom. The van der Waals surface area contributed by atoms with Crippen molar-refractivity contribution in [1.82, 2.24) is 24.9 Å². The zero-order chi connectivity index (χ0) is 70.2. The minimum atomic E-state index is 0.468. The smallest absolute Gasteiger partial charge is 0.0708 e. The molecule has 0 fully saturated rings. The summed E-state index contributed by atoms with van der Waals surface area (Å²) in [6, 6.07) is 53.4. The minimum absolute atomic E-state index is 0.468. The van der Waals surface area contributed by atoms with Crippen LogP contribution >= 0.6 is 0 Å². The number of benzene rings is 6. The molecule has 1 aliphatic heterocycles. The molecule has 0 spiro atoms. The average molecular weight is 1280 g/mol. The number of anilines is 1. The first-order chi connectivity index (χ1) is 45.5. The summed E-state index contributed by atoms with van der Waals surface area (Å²) in [4.78, 5) is 22.7. The van der Waals surface area contributed by atoms with Gasteiger partial charge in [-0.05, 0) is 199 Å². The Morgan fingerprint density at radius 3 is 1.00 bits per heavy atom. The van der Waals surface area contributed by atoms with Crippen LogP contribution in [0.2, 0.25) is 0 Å². The summed E-state index contributed by atoms with van der Waals surface area (Å²) < 4.78 is 0. The highest BCUT2D eigenvalue weighted by atomic mass is 14.9. The summed E-state index contributed by atoms with van der Waals surface area (Å²) in [6.07, 6.45) is 12.4. The SMILES string of the molecule is CC(C)c1ccc2c(c1)NC(C(C)C)C=C2.CC(C)c1ccc2ccc(C(C)C)nc2c1.CC(C)c1ccc2cnc(C(C)C)cc2c1.CC(C)c1ccc2cnc(C(C)C)cc2c1.CC(C)c1ccc2ncc(C(C)C)cc2c1.CC(C)c1ccc2ncc(C(C)C)cc2c1. The number of fused-ring (bicyclic) bond motifs is 6. The molecule has 1 N–H and O–H groups in total. The maximum atomic E-state index is 4.72. The Kier molecular flexibility index (Phi) is 27.2. The number of aromatic nitrogens is 5. The molecule has 506 valence electrons. The largest absolute Gasteiger partial charge is 0.378 e. The molecule has 0 aliphatic carbocycles. The molecule has 1 unspecified atom stereocenters. The van der Waals surface area contributed by atoms with Crippen LogP contribution in [0.1, 0.15) is 298 Å². The molecular weight excluding hydrogens is 1170 g/mol. The third-order valence-electron chi connectivity index (χ3n) is 18.4. The number of rotatable bonds is 12. The van der Waals surface area contributed by atoms with E-state index in [9.17, 15) is 0 Å². The Morgan fingerprint density at radius 2 is 0.604 bits per heavy atom. The Balaban J connectivity index is 0.000000163. The second kappa shape index (κ2) is 34.7. The first-order valence-corrected chi connectivity index (χ1v) is 36.0. The van der Waals surface area contributed by atoms with E-state index in [2.05, 4.69) is 349 Å². The van der Waals surface area contributed by atoms with Crippen molar-refractivity contribution in [3.8, 4) is 0 Å². The molecule has 6 heteroatoms. The first kappa shape index (κ1) is 75.3. The average Bonchev–Trinajstić information content (AvgIpc) is 1.00. The molecule has 0 saturated carbocycles. The van der Waals surface area contributed by atoms with Crippen molar-refractivity contribution < 1.29 is 0 Å². The molecule has 6 aromatic carbocycles. The van der Waals surface area contributed by atoms with Crippen molar-refractivity contribution in [2.24, 2.45) is 5.92 Å². The Hall–Kier alpha value is -8.09. The molecule has 6 nitrogen and oxygen atoms in total. The molecule has 0 radical (unpaired) electrons. The van der Waals surface area contributed by atoms with E-state index in [-0.39, 0.29) is 0 Å². The van der Waals surface area contributed by atoms with E-state index in [1.54, 1.807) is 0 Å². The van der Waals surface area contributed by atoms with E-state index < -0.39 is 0 Å². The van der Waals surface area contributed by atoms with Crippen molar-refractivity contribution in [2.75, 3.05) is 5.32 Å². The Labute approximate surface area is 579 Å². The monoisotopic (exact) mass is 1280 g/mol. The standard InChI is InChI=1S/4C15H19N.C15H21N.C15H19N/c2*1-10(2)12-5-6-15-13(7-12)8-14(9-16-15)11(3)4;2*1-10(2)12-5-6-13-9-16-15(11(3)4)8-14(13)7-12;2*1-10(2)13-6-5-12-7-8-14(11(3)4)16-15(12)9-13/h4*5-11H,1-4H3;5-11,14,16H,1-4H3;5-11H,1-4H3. The van der Waals surface area contributed by atoms with Gasteiger partial charge in [0.15, 0.2) is 0 Å². The van der Waals surface area contributed by atoms with Gasteiger partial charge < -0.3 is 5.32 Å². The first-order valence-electron chi connectivity index (χ1n) is 36.0. The third-order valence-corrected chi connectivity index (χ3v) is 18.4. The summed E-state index contributed by atoms with van der Waals surface area (Å²) >= 11 is 0.